The van der Waals surface area contributed by atoms with Gasteiger partial charge in [0.05, 0.1) is 12.2 Å². The van der Waals surface area contributed by atoms with E-state index in [0.717, 1.165) is 48.7 Å². The van der Waals surface area contributed by atoms with Crippen molar-refractivity contribution in [3.63, 3.8) is 0 Å². The number of esters is 1. The van der Waals surface area contributed by atoms with Gasteiger partial charge >= 0.3 is 11.6 Å². The van der Waals surface area contributed by atoms with Crippen LogP contribution in [0.25, 0.3) is 11.0 Å². The smallest absolute Gasteiger partial charge is 0.336 e. The van der Waals surface area contributed by atoms with Crippen molar-refractivity contribution in [2.75, 3.05) is 13.2 Å². The average molecular weight is 465 g/mol. The lowest BCUT2D eigenvalue weighted by Crippen LogP contribution is -2.33. The maximum absolute atomic E-state index is 12.2. The van der Waals surface area contributed by atoms with E-state index >= 15 is 0 Å². The largest absolute Gasteiger partial charge is 0.507 e. The predicted octanol–water partition coefficient (Wildman–Crippen LogP) is 4.82. The van der Waals surface area contributed by atoms with Gasteiger partial charge in [0.1, 0.15) is 11.3 Å². The molecule has 7 heteroatoms. The van der Waals surface area contributed by atoms with Gasteiger partial charge in [-0.1, -0.05) is 19.4 Å². The highest BCUT2D eigenvalue weighted by Crippen LogP contribution is 2.38. The van der Waals surface area contributed by atoms with Crippen LogP contribution in [0.3, 0.4) is 0 Å². The Labute approximate surface area is 199 Å². The molecule has 1 aliphatic rings. The number of aryl methyl sites for hydroxylation is 2. The highest BCUT2D eigenvalue weighted by molar-refractivity contribution is 5.86. The second kappa shape index (κ2) is 10.8. The minimum Gasteiger partial charge on any atom is -0.507 e. The number of nitrogens with zero attached hydrogens (tertiary/aromatic N) is 2. The van der Waals surface area contributed by atoms with E-state index in [1.54, 1.807) is 6.20 Å². The number of hydrogen-bond donors (Lipinski definition) is 1. The molecule has 0 saturated carbocycles. The lowest BCUT2D eigenvalue weighted by Gasteiger charge is -2.36. The average Bonchev–Trinajstić information content (AvgIpc) is 2.84. The number of phenolic OH excluding ortho intramolecular Hbond substituents is 1. The molecule has 0 amide bonds. The fourth-order valence-corrected chi connectivity index (χ4v) is 4.76. The van der Waals surface area contributed by atoms with Crippen LogP contribution in [-0.4, -0.2) is 34.1 Å². The number of pyridine rings is 1. The maximum Gasteiger partial charge on any atom is 0.336 e. The number of carbonyl (C=O) groups is 1. The van der Waals surface area contributed by atoms with Crippen molar-refractivity contribution in [3.05, 3.63) is 69.3 Å². The van der Waals surface area contributed by atoms with Gasteiger partial charge in [-0.25, -0.2) is 4.79 Å². The van der Waals surface area contributed by atoms with Crippen LogP contribution in [-0.2, 0) is 22.5 Å². The molecule has 1 saturated heterocycles. The highest BCUT2D eigenvalue weighted by atomic mass is 16.5. The van der Waals surface area contributed by atoms with Gasteiger partial charge in [0.15, 0.2) is 0 Å². The lowest BCUT2D eigenvalue weighted by molar-refractivity contribution is -0.143. The third-order valence-electron chi connectivity index (χ3n) is 6.50. The van der Waals surface area contributed by atoms with E-state index in [1.165, 1.54) is 6.07 Å². The molecule has 1 N–H and O–H groups in total. The van der Waals surface area contributed by atoms with Gasteiger partial charge in [-0.2, -0.15) is 0 Å². The number of carbonyl (C=O) groups excluding carboxylic acids is 1. The fourth-order valence-electron chi connectivity index (χ4n) is 4.76. The van der Waals surface area contributed by atoms with Crippen LogP contribution in [0.1, 0.15) is 67.3 Å². The molecule has 0 spiro atoms. The van der Waals surface area contributed by atoms with E-state index in [-0.39, 0.29) is 24.2 Å². The van der Waals surface area contributed by atoms with E-state index in [9.17, 15) is 14.7 Å². The summed E-state index contributed by atoms with van der Waals surface area (Å²) < 4.78 is 10.8. The number of phenols is 1. The molecule has 1 fully saturated rings. The van der Waals surface area contributed by atoms with E-state index in [1.807, 2.05) is 32.2 Å². The number of benzene rings is 1. The Morgan fingerprint density at radius 3 is 2.94 bits per heavy atom. The van der Waals surface area contributed by atoms with Crippen molar-refractivity contribution in [1.29, 1.82) is 0 Å². The molecule has 0 unspecified atom stereocenters. The van der Waals surface area contributed by atoms with Gasteiger partial charge in [-0.05, 0) is 68.0 Å². The number of rotatable bonds is 8. The molecule has 180 valence electrons. The first kappa shape index (κ1) is 24.0. The maximum atomic E-state index is 12.2. The van der Waals surface area contributed by atoms with Crippen LogP contribution < -0.4 is 5.63 Å². The van der Waals surface area contributed by atoms with Crippen molar-refractivity contribution in [1.82, 2.24) is 9.88 Å². The number of piperidine rings is 1. The Morgan fingerprint density at radius 2 is 2.18 bits per heavy atom. The summed E-state index contributed by atoms with van der Waals surface area (Å²) in [6.07, 6.45) is 8.13. The summed E-state index contributed by atoms with van der Waals surface area (Å²) in [4.78, 5) is 30.9. The Hall–Kier alpha value is -3.19. The van der Waals surface area contributed by atoms with E-state index in [0.29, 0.717) is 36.3 Å². The molecule has 0 radical (unpaired) electrons. The fraction of sp³-hybridized carbons (Fsp3) is 0.444. The number of aromatic nitrogens is 1. The summed E-state index contributed by atoms with van der Waals surface area (Å²) in [7, 11) is 0. The molecule has 1 aliphatic heterocycles. The van der Waals surface area contributed by atoms with Crippen molar-refractivity contribution in [3.8, 4) is 5.75 Å². The number of fused-ring (bicyclic) bond motifs is 1. The molecule has 2 aromatic heterocycles. The normalized spacial score (nSPS) is 16.6. The monoisotopic (exact) mass is 464 g/mol. The molecular formula is C27H32N2O5. The molecule has 3 heterocycles. The van der Waals surface area contributed by atoms with E-state index < -0.39 is 5.63 Å². The molecule has 0 aliphatic carbocycles. The van der Waals surface area contributed by atoms with Crippen molar-refractivity contribution < 1.29 is 19.1 Å². The number of aromatic hydroxyl groups is 1. The van der Waals surface area contributed by atoms with Gasteiger partial charge in [-0.3, -0.25) is 14.7 Å². The van der Waals surface area contributed by atoms with Crippen LogP contribution in [0.5, 0.6) is 5.75 Å². The second-order valence-corrected chi connectivity index (χ2v) is 8.98. The number of ether oxygens (including phenoxy) is 1. The molecule has 1 atom stereocenters. The Bertz CT molecular complexity index is 1210. The standard InChI is InChI=1S/C27H32N2O5/c1-3-13-33-24(30)10-9-19-15-21-18(2)14-25(31)34-27(21)22(26(19)32)17-29-12-5-4-8-23(29)20-7-6-11-28-16-20/h6-7,11,14-16,23,32H,3-5,8-10,12-13,17H2,1-2H3/t23-/m0/s1. The Morgan fingerprint density at radius 1 is 1.32 bits per heavy atom. The molecule has 7 nitrogen and oxygen atoms in total. The highest BCUT2D eigenvalue weighted by Gasteiger charge is 2.27. The van der Waals surface area contributed by atoms with Gasteiger partial charge in [0, 0.05) is 42.9 Å². The van der Waals surface area contributed by atoms with E-state index in [2.05, 4.69) is 16.0 Å². The van der Waals surface area contributed by atoms with Crippen molar-refractivity contribution in [2.24, 2.45) is 0 Å². The molecule has 1 aromatic carbocycles. The summed E-state index contributed by atoms with van der Waals surface area (Å²) in [6, 6.07) is 7.48. The summed E-state index contributed by atoms with van der Waals surface area (Å²) >= 11 is 0. The topological polar surface area (TPSA) is 92.9 Å². The molecule has 4 rings (SSSR count). The van der Waals surface area contributed by atoms with Gasteiger partial charge in [0.25, 0.3) is 0 Å². The SMILES string of the molecule is CCCOC(=O)CCc1cc2c(C)cc(=O)oc2c(CN2CCCC[C@H]2c2cccnc2)c1O. The molecule has 3 aromatic rings. The van der Waals surface area contributed by atoms with Crippen LogP contribution in [0.15, 0.2) is 45.9 Å². The van der Waals surface area contributed by atoms with Gasteiger partial charge in [-0.15, -0.1) is 0 Å². The van der Waals surface area contributed by atoms with Gasteiger partial charge in [0.2, 0.25) is 0 Å². The third-order valence-corrected chi connectivity index (χ3v) is 6.50. The van der Waals surface area contributed by atoms with Crippen LogP contribution in [0.4, 0.5) is 0 Å². The van der Waals surface area contributed by atoms with E-state index in [4.69, 9.17) is 9.15 Å². The van der Waals surface area contributed by atoms with Crippen molar-refractivity contribution in [2.45, 2.75) is 65.0 Å². The zero-order valence-corrected chi connectivity index (χ0v) is 19.9. The zero-order chi connectivity index (χ0) is 24.1. The first-order valence-electron chi connectivity index (χ1n) is 12.1. The molecular weight excluding hydrogens is 432 g/mol. The quantitative estimate of drug-likeness (QED) is 0.377. The predicted molar refractivity (Wildman–Crippen MR) is 130 cm³/mol. The Kier molecular flexibility index (Phi) is 7.63. The third kappa shape index (κ3) is 5.30. The summed E-state index contributed by atoms with van der Waals surface area (Å²) in [5.74, 6) is -0.202. The number of hydrogen-bond acceptors (Lipinski definition) is 7. The van der Waals surface area contributed by atoms with Gasteiger partial charge < -0.3 is 14.3 Å². The van der Waals surface area contributed by atoms with Crippen LogP contribution in [0, 0.1) is 6.92 Å². The summed E-state index contributed by atoms with van der Waals surface area (Å²) in [5, 5.41) is 12.1. The number of likely N-dealkylation sites (tertiary alicyclic amines) is 1. The molecule has 0 bridgehead atoms. The summed E-state index contributed by atoms with van der Waals surface area (Å²) in [5.41, 5.74) is 3.14. The van der Waals surface area contributed by atoms with Crippen molar-refractivity contribution >= 4 is 16.9 Å². The summed E-state index contributed by atoms with van der Waals surface area (Å²) in [6.45, 7) is 5.50. The van der Waals surface area contributed by atoms with Crippen LogP contribution >= 0.6 is 0 Å². The molecule has 34 heavy (non-hydrogen) atoms. The zero-order valence-electron chi connectivity index (χ0n) is 19.9. The lowest BCUT2D eigenvalue weighted by atomic mass is 9.94. The minimum absolute atomic E-state index is 0.0834. The second-order valence-electron chi connectivity index (χ2n) is 8.98. The first-order valence-corrected chi connectivity index (χ1v) is 12.1. The van der Waals surface area contributed by atoms with Crippen LogP contribution in [0.2, 0.25) is 0 Å². The minimum atomic E-state index is -0.441. The first-order chi connectivity index (χ1) is 16.5. The Balaban J connectivity index is 1.71.